The Labute approximate surface area is 171 Å². The molecule has 0 aromatic carbocycles. The molecule has 0 atom stereocenters. The van der Waals surface area contributed by atoms with E-state index < -0.39 is 5.60 Å². The number of rotatable bonds is 2. The Morgan fingerprint density at radius 2 is 1.07 bits per heavy atom. The number of hydrogen-bond acceptors (Lipinski definition) is 3. The molecule has 8 saturated carbocycles. The van der Waals surface area contributed by atoms with E-state index in [1.54, 1.807) is 7.11 Å². The molecule has 8 aliphatic rings. The minimum absolute atomic E-state index is 0.0521. The van der Waals surface area contributed by atoms with Gasteiger partial charge in [-0.1, -0.05) is 0 Å². The van der Waals surface area contributed by atoms with Gasteiger partial charge in [0.15, 0.2) is 0 Å². The molecule has 3 nitrogen and oxygen atoms in total. The molecule has 8 bridgehead atoms. The molecular formula is C25H40O3. The minimum atomic E-state index is -0.441. The smallest absolute Gasteiger partial charge is 0.311 e. The summed E-state index contributed by atoms with van der Waals surface area (Å²) in [5, 5.41) is 10.4. The van der Waals surface area contributed by atoms with E-state index in [1.165, 1.54) is 57.8 Å². The van der Waals surface area contributed by atoms with Crippen molar-refractivity contribution in [1.29, 1.82) is 0 Å². The Morgan fingerprint density at radius 1 is 0.750 bits per heavy atom. The van der Waals surface area contributed by atoms with E-state index in [9.17, 15) is 9.90 Å². The second-order valence-corrected chi connectivity index (χ2v) is 12.4. The highest BCUT2D eigenvalue weighted by atomic mass is 16.5. The van der Waals surface area contributed by atoms with Gasteiger partial charge in [0.1, 0.15) is 0 Å². The third kappa shape index (κ3) is 3.06. The number of carbonyl (C=O) groups is 1. The van der Waals surface area contributed by atoms with Crippen molar-refractivity contribution in [2.75, 3.05) is 7.11 Å². The number of carbonyl (C=O) groups excluding carboxylic acids is 1. The lowest BCUT2D eigenvalue weighted by Crippen LogP contribution is -2.55. The summed E-state index contributed by atoms with van der Waals surface area (Å²) in [6.07, 6.45) is 15.8. The highest BCUT2D eigenvalue weighted by Gasteiger charge is 2.57. The van der Waals surface area contributed by atoms with E-state index in [4.69, 9.17) is 4.74 Å². The minimum Gasteiger partial charge on any atom is -0.469 e. The summed E-state index contributed by atoms with van der Waals surface area (Å²) < 4.78 is 5.00. The molecule has 8 fully saturated rings. The molecule has 0 unspecified atom stereocenters. The van der Waals surface area contributed by atoms with Crippen LogP contribution in [0.4, 0.5) is 0 Å². The van der Waals surface area contributed by atoms with Gasteiger partial charge in [-0.3, -0.25) is 4.79 Å². The third-order valence-corrected chi connectivity index (χ3v) is 9.99. The van der Waals surface area contributed by atoms with Gasteiger partial charge in [0, 0.05) is 0 Å². The number of ether oxygens (including phenoxy) is 1. The van der Waals surface area contributed by atoms with Gasteiger partial charge in [0.25, 0.3) is 0 Å². The maximum Gasteiger partial charge on any atom is 0.311 e. The molecule has 158 valence electrons. The van der Waals surface area contributed by atoms with E-state index in [1.807, 2.05) is 13.8 Å². The van der Waals surface area contributed by atoms with Crippen LogP contribution >= 0.6 is 0 Å². The molecule has 0 aromatic rings. The van der Waals surface area contributed by atoms with Crippen molar-refractivity contribution >= 4 is 5.97 Å². The highest BCUT2D eigenvalue weighted by Crippen LogP contribution is 2.63. The van der Waals surface area contributed by atoms with Gasteiger partial charge in [0.2, 0.25) is 0 Å². The molecule has 28 heavy (non-hydrogen) atoms. The van der Waals surface area contributed by atoms with Gasteiger partial charge in [-0.2, -0.15) is 0 Å². The number of hydrogen-bond donors (Lipinski definition) is 1. The van der Waals surface area contributed by atoms with Crippen LogP contribution in [-0.2, 0) is 9.53 Å². The van der Waals surface area contributed by atoms with Crippen molar-refractivity contribution in [3.63, 3.8) is 0 Å². The Balaban J connectivity index is 0.000000122. The fourth-order valence-electron chi connectivity index (χ4n) is 9.44. The normalized spacial score (nSPS) is 50.3. The molecule has 8 aliphatic carbocycles. The first-order valence-electron chi connectivity index (χ1n) is 12.0. The van der Waals surface area contributed by atoms with Crippen molar-refractivity contribution < 1.29 is 14.6 Å². The van der Waals surface area contributed by atoms with E-state index in [0.29, 0.717) is 5.41 Å². The van der Waals surface area contributed by atoms with Crippen molar-refractivity contribution in [2.24, 2.45) is 46.3 Å². The Kier molecular flexibility index (Phi) is 4.48. The maximum absolute atomic E-state index is 11.8. The highest BCUT2D eigenvalue weighted by molar-refractivity contribution is 5.77. The summed E-state index contributed by atoms with van der Waals surface area (Å²) in [6, 6.07) is 0. The summed E-state index contributed by atoms with van der Waals surface area (Å²) in [6.45, 7) is 4.08. The number of aliphatic hydroxyl groups is 1. The summed E-state index contributed by atoms with van der Waals surface area (Å²) in [5.74, 6) is 5.44. The molecule has 0 amide bonds. The summed E-state index contributed by atoms with van der Waals surface area (Å²) >= 11 is 0. The maximum atomic E-state index is 11.8. The van der Waals surface area contributed by atoms with Crippen LogP contribution < -0.4 is 0 Å². The third-order valence-electron chi connectivity index (χ3n) is 9.99. The van der Waals surface area contributed by atoms with Gasteiger partial charge in [-0.05, 0) is 132 Å². The SMILES string of the molecule is CC(C)(O)C12CC3CC(CC(C3)C1)C2.COC(=O)C12CC3CC(CC(C3)C1)C2. The largest absolute Gasteiger partial charge is 0.469 e. The summed E-state index contributed by atoms with van der Waals surface area (Å²) in [4.78, 5) is 11.8. The lowest BCUT2D eigenvalue weighted by Gasteiger charge is -2.61. The van der Waals surface area contributed by atoms with Crippen LogP contribution in [0.15, 0.2) is 0 Å². The Hall–Kier alpha value is -0.570. The quantitative estimate of drug-likeness (QED) is 0.649. The standard InChI is InChI=1S/C13H22O.C12H18O2/c1-12(2,14)13-6-9-3-10(7-13)5-11(4-9)8-13;1-14-11(13)12-5-8-2-9(6-12)4-10(3-8)7-12/h9-11,14H,3-8H2,1-2H3;8-10H,2-7H2,1H3. The van der Waals surface area contributed by atoms with Gasteiger partial charge in [0.05, 0.1) is 18.1 Å². The van der Waals surface area contributed by atoms with E-state index in [0.717, 1.165) is 54.8 Å². The van der Waals surface area contributed by atoms with Gasteiger partial charge < -0.3 is 9.84 Å². The Morgan fingerprint density at radius 3 is 1.36 bits per heavy atom. The molecule has 0 saturated heterocycles. The van der Waals surface area contributed by atoms with Gasteiger partial charge in [-0.15, -0.1) is 0 Å². The van der Waals surface area contributed by atoms with E-state index >= 15 is 0 Å². The zero-order chi connectivity index (χ0) is 19.7. The topological polar surface area (TPSA) is 46.5 Å². The van der Waals surface area contributed by atoms with Crippen LogP contribution in [0.25, 0.3) is 0 Å². The average Bonchev–Trinajstić information content (AvgIpc) is 2.58. The average molecular weight is 389 g/mol. The molecule has 0 heterocycles. The molecule has 0 aromatic heterocycles. The van der Waals surface area contributed by atoms with Crippen LogP contribution in [0.5, 0.6) is 0 Å². The van der Waals surface area contributed by atoms with E-state index in [2.05, 4.69) is 0 Å². The monoisotopic (exact) mass is 388 g/mol. The predicted molar refractivity (Wildman–Crippen MR) is 110 cm³/mol. The van der Waals surface area contributed by atoms with Crippen molar-refractivity contribution in [1.82, 2.24) is 0 Å². The van der Waals surface area contributed by atoms with Crippen LogP contribution in [0, 0.1) is 46.3 Å². The summed E-state index contributed by atoms with van der Waals surface area (Å²) in [7, 11) is 1.54. The summed E-state index contributed by atoms with van der Waals surface area (Å²) in [5.41, 5.74) is -0.200. The zero-order valence-electron chi connectivity index (χ0n) is 18.2. The fraction of sp³-hybridized carbons (Fsp3) is 0.960. The van der Waals surface area contributed by atoms with Crippen molar-refractivity contribution in [3.05, 3.63) is 0 Å². The lowest BCUT2D eigenvalue weighted by atomic mass is 9.46. The van der Waals surface area contributed by atoms with Crippen LogP contribution in [0.2, 0.25) is 0 Å². The van der Waals surface area contributed by atoms with Gasteiger partial charge in [-0.25, -0.2) is 0 Å². The first kappa shape index (κ1) is 19.4. The molecule has 8 rings (SSSR count). The second-order valence-electron chi connectivity index (χ2n) is 12.4. The lowest BCUT2D eigenvalue weighted by molar-refractivity contribution is -0.168. The molecule has 0 spiro atoms. The van der Waals surface area contributed by atoms with Crippen LogP contribution in [0.1, 0.15) is 90.9 Å². The molecular weight excluding hydrogens is 348 g/mol. The fourth-order valence-corrected chi connectivity index (χ4v) is 9.44. The van der Waals surface area contributed by atoms with Crippen LogP contribution in [-0.4, -0.2) is 23.8 Å². The predicted octanol–water partition coefficient (Wildman–Crippen LogP) is 5.35. The Bertz CT molecular complexity index is 558. The molecule has 3 heteroatoms. The first-order chi connectivity index (χ1) is 13.2. The molecule has 1 N–H and O–H groups in total. The van der Waals surface area contributed by atoms with E-state index in [-0.39, 0.29) is 11.4 Å². The molecule has 0 radical (unpaired) electrons. The zero-order valence-corrected chi connectivity index (χ0v) is 18.2. The van der Waals surface area contributed by atoms with Crippen molar-refractivity contribution in [3.8, 4) is 0 Å². The first-order valence-corrected chi connectivity index (χ1v) is 12.0. The van der Waals surface area contributed by atoms with Crippen molar-refractivity contribution in [2.45, 2.75) is 96.5 Å². The number of methoxy groups -OCH3 is 1. The van der Waals surface area contributed by atoms with Gasteiger partial charge >= 0.3 is 5.97 Å². The number of esters is 1. The van der Waals surface area contributed by atoms with Crippen LogP contribution in [0.3, 0.4) is 0 Å². The molecule has 0 aliphatic heterocycles. The second kappa shape index (κ2) is 6.46.